The van der Waals surface area contributed by atoms with Crippen LogP contribution in [0.25, 0.3) is 0 Å². The second-order valence-electron chi connectivity index (χ2n) is 3.09. The number of nitrogens with zero attached hydrogens (tertiary/aromatic N) is 3. The van der Waals surface area contributed by atoms with E-state index in [2.05, 4.69) is 4.99 Å². The minimum atomic E-state index is -0.421. The number of nitrogens with one attached hydrogen (secondary N) is 2. The first-order chi connectivity index (χ1) is 6.09. The van der Waals surface area contributed by atoms with Crippen molar-refractivity contribution in [2.75, 3.05) is 13.1 Å². The highest BCUT2D eigenvalue weighted by Gasteiger charge is 2.35. The van der Waals surface area contributed by atoms with Crippen LogP contribution in [0.15, 0.2) is 4.99 Å². The van der Waals surface area contributed by atoms with E-state index in [-0.39, 0.29) is 5.84 Å². The van der Waals surface area contributed by atoms with Crippen LogP contribution < -0.4 is 11.6 Å². The van der Waals surface area contributed by atoms with Gasteiger partial charge in [0.1, 0.15) is 11.7 Å². The zero-order chi connectivity index (χ0) is 9.59. The standard InChI is InChI=1S/C6H11N7/c7-3-1-12-4(8)2-13(10)6(12)11-5(3)9/h3,8-9H,1-2,7,10H2. The molecule has 0 aromatic heterocycles. The van der Waals surface area contributed by atoms with Crippen molar-refractivity contribution < 1.29 is 0 Å². The van der Waals surface area contributed by atoms with E-state index >= 15 is 0 Å². The van der Waals surface area contributed by atoms with Gasteiger partial charge in [0.15, 0.2) is 0 Å². The number of aliphatic imine (C=N–C) groups is 1. The molecule has 0 bridgehead atoms. The van der Waals surface area contributed by atoms with Crippen molar-refractivity contribution in [3.05, 3.63) is 0 Å². The molecule has 2 aliphatic rings. The van der Waals surface area contributed by atoms with Crippen LogP contribution in [0, 0.1) is 10.8 Å². The molecule has 0 amide bonds. The topological polar surface area (TPSA) is 119 Å². The van der Waals surface area contributed by atoms with Crippen LogP contribution in [0.2, 0.25) is 0 Å². The number of guanidine groups is 1. The Labute approximate surface area is 75.0 Å². The molecular formula is C6H11N7. The van der Waals surface area contributed by atoms with Crippen LogP contribution in [0.5, 0.6) is 0 Å². The van der Waals surface area contributed by atoms with Crippen LogP contribution in [-0.4, -0.2) is 46.7 Å². The molecule has 1 saturated heterocycles. The van der Waals surface area contributed by atoms with Crippen LogP contribution in [-0.2, 0) is 0 Å². The second-order valence-corrected chi connectivity index (χ2v) is 3.09. The first kappa shape index (κ1) is 8.14. The lowest BCUT2D eigenvalue weighted by Crippen LogP contribution is -2.51. The van der Waals surface area contributed by atoms with Gasteiger partial charge in [-0.3, -0.25) is 20.7 Å². The molecule has 0 spiro atoms. The van der Waals surface area contributed by atoms with Gasteiger partial charge in [-0.2, -0.15) is 4.99 Å². The molecule has 7 heteroatoms. The summed E-state index contributed by atoms with van der Waals surface area (Å²) in [6.07, 6.45) is 0. The van der Waals surface area contributed by atoms with Crippen molar-refractivity contribution in [2.24, 2.45) is 16.6 Å². The molecule has 0 aliphatic carbocycles. The minimum Gasteiger partial charge on any atom is -0.320 e. The largest absolute Gasteiger partial charge is 0.320 e. The van der Waals surface area contributed by atoms with Gasteiger partial charge in [-0.15, -0.1) is 0 Å². The van der Waals surface area contributed by atoms with Crippen molar-refractivity contribution >= 4 is 17.6 Å². The summed E-state index contributed by atoms with van der Waals surface area (Å²) >= 11 is 0. The Morgan fingerprint density at radius 1 is 1.46 bits per heavy atom. The van der Waals surface area contributed by atoms with Gasteiger partial charge in [0.25, 0.3) is 0 Å². The molecule has 1 atom stereocenters. The van der Waals surface area contributed by atoms with Crippen molar-refractivity contribution in [1.82, 2.24) is 9.91 Å². The maximum Gasteiger partial charge on any atom is 0.223 e. The number of fused-ring (bicyclic) bond motifs is 1. The molecule has 70 valence electrons. The van der Waals surface area contributed by atoms with Gasteiger partial charge in [0, 0.05) is 6.54 Å². The van der Waals surface area contributed by atoms with Gasteiger partial charge in [-0.25, -0.2) is 5.84 Å². The Balaban J connectivity index is 2.36. The molecule has 0 aromatic carbocycles. The van der Waals surface area contributed by atoms with E-state index in [0.29, 0.717) is 24.9 Å². The number of amidine groups is 2. The third kappa shape index (κ3) is 1.09. The van der Waals surface area contributed by atoms with Crippen LogP contribution in [0.3, 0.4) is 0 Å². The van der Waals surface area contributed by atoms with Gasteiger partial charge in [-0.05, 0) is 0 Å². The third-order valence-electron chi connectivity index (χ3n) is 2.10. The van der Waals surface area contributed by atoms with E-state index in [4.69, 9.17) is 22.4 Å². The zero-order valence-electron chi connectivity index (χ0n) is 6.99. The molecule has 1 unspecified atom stereocenters. The first-order valence-electron chi connectivity index (χ1n) is 3.89. The summed E-state index contributed by atoms with van der Waals surface area (Å²) in [4.78, 5) is 5.55. The number of hydrazine groups is 1. The molecule has 2 rings (SSSR count). The Bertz CT molecular complexity index is 306. The quantitative estimate of drug-likeness (QED) is 0.327. The van der Waals surface area contributed by atoms with Gasteiger partial charge in [-0.1, -0.05) is 0 Å². The predicted octanol–water partition coefficient (Wildman–Crippen LogP) is -1.87. The van der Waals surface area contributed by atoms with Gasteiger partial charge >= 0.3 is 0 Å². The van der Waals surface area contributed by atoms with Crippen LogP contribution in [0.1, 0.15) is 0 Å². The lowest BCUT2D eigenvalue weighted by Gasteiger charge is -2.27. The summed E-state index contributed by atoms with van der Waals surface area (Å²) in [5.74, 6) is 6.53. The van der Waals surface area contributed by atoms with E-state index in [1.54, 1.807) is 4.90 Å². The number of hydrogen-bond donors (Lipinski definition) is 4. The van der Waals surface area contributed by atoms with Gasteiger partial charge in [0.05, 0.1) is 12.6 Å². The highest BCUT2D eigenvalue weighted by molar-refractivity contribution is 6.11. The molecular weight excluding hydrogens is 170 g/mol. The third-order valence-corrected chi connectivity index (χ3v) is 2.10. The van der Waals surface area contributed by atoms with E-state index < -0.39 is 6.04 Å². The first-order valence-corrected chi connectivity index (χ1v) is 3.89. The molecule has 0 aromatic rings. The minimum absolute atomic E-state index is 0.122. The number of nitrogens with two attached hydrogens (primary N) is 2. The summed E-state index contributed by atoms with van der Waals surface area (Å²) < 4.78 is 0. The van der Waals surface area contributed by atoms with E-state index in [0.717, 1.165) is 0 Å². The fraction of sp³-hybridized carbons (Fsp3) is 0.500. The molecule has 1 fully saturated rings. The zero-order valence-corrected chi connectivity index (χ0v) is 6.99. The SMILES string of the molecule is N=C1N=C2N(N)CC(=N)N2CC1N. The number of hydrogen-bond acceptors (Lipinski definition) is 5. The van der Waals surface area contributed by atoms with Gasteiger partial charge in [0.2, 0.25) is 5.96 Å². The fourth-order valence-corrected chi connectivity index (χ4v) is 1.38. The molecule has 2 heterocycles. The predicted molar refractivity (Wildman–Crippen MR) is 48.5 cm³/mol. The van der Waals surface area contributed by atoms with E-state index in [1.165, 1.54) is 5.01 Å². The Hall–Kier alpha value is -1.47. The van der Waals surface area contributed by atoms with Crippen molar-refractivity contribution in [2.45, 2.75) is 6.04 Å². The van der Waals surface area contributed by atoms with Gasteiger partial charge < -0.3 is 5.73 Å². The normalized spacial score (nSPS) is 27.8. The Morgan fingerprint density at radius 2 is 2.15 bits per heavy atom. The summed E-state index contributed by atoms with van der Waals surface area (Å²) in [7, 11) is 0. The molecule has 7 nitrogen and oxygen atoms in total. The van der Waals surface area contributed by atoms with Crippen molar-refractivity contribution in [1.29, 1.82) is 10.8 Å². The van der Waals surface area contributed by atoms with Crippen LogP contribution in [0.4, 0.5) is 0 Å². The van der Waals surface area contributed by atoms with E-state index in [9.17, 15) is 0 Å². The van der Waals surface area contributed by atoms with Crippen LogP contribution >= 0.6 is 0 Å². The summed E-state index contributed by atoms with van der Waals surface area (Å²) in [5.41, 5.74) is 5.61. The van der Waals surface area contributed by atoms with Crippen molar-refractivity contribution in [3.8, 4) is 0 Å². The number of rotatable bonds is 0. The lowest BCUT2D eigenvalue weighted by molar-refractivity contribution is 0.474. The Morgan fingerprint density at radius 3 is 2.85 bits per heavy atom. The molecule has 6 N–H and O–H groups in total. The average Bonchev–Trinajstić information content (AvgIpc) is 2.31. The maximum absolute atomic E-state index is 7.56. The molecule has 13 heavy (non-hydrogen) atoms. The molecule has 0 radical (unpaired) electrons. The van der Waals surface area contributed by atoms with Crippen molar-refractivity contribution in [3.63, 3.8) is 0 Å². The maximum atomic E-state index is 7.56. The highest BCUT2D eigenvalue weighted by atomic mass is 15.6. The highest BCUT2D eigenvalue weighted by Crippen LogP contribution is 2.12. The summed E-state index contributed by atoms with van der Waals surface area (Å²) in [5, 5.41) is 16.3. The summed E-state index contributed by atoms with van der Waals surface area (Å²) in [6.45, 7) is 0.753. The molecule has 0 saturated carbocycles. The average molecular weight is 181 g/mol. The lowest BCUT2D eigenvalue weighted by atomic mass is 10.2. The molecule has 2 aliphatic heterocycles. The fourth-order valence-electron chi connectivity index (χ4n) is 1.38. The summed E-state index contributed by atoms with van der Waals surface area (Å²) in [6, 6.07) is -0.421. The smallest absolute Gasteiger partial charge is 0.223 e. The Kier molecular flexibility index (Phi) is 1.57. The second kappa shape index (κ2) is 2.51. The van der Waals surface area contributed by atoms with E-state index in [1.807, 2.05) is 0 Å². The monoisotopic (exact) mass is 181 g/mol.